The normalized spacial score (nSPS) is 14.0. The van der Waals surface area contributed by atoms with Crippen LogP contribution in [0.5, 0.6) is 0 Å². The average molecular weight is 428 g/mol. The molecule has 156 valence electrons. The minimum atomic E-state index is -1.32. The van der Waals surface area contributed by atoms with Crippen LogP contribution in [0.2, 0.25) is 0 Å². The minimum absolute atomic E-state index is 0.0392. The van der Waals surface area contributed by atoms with Gasteiger partial charge >= 0.3 is 5.97 Å². The van der Waals surface area contributed by atoms with E-state index in [-0.39, 0.29) is 22.8 Å². The van der Waals surface area contributed by atoms with Gasteiger partial charge in [-0.2, -0.15) is 4.37 Å². The second-order valence-corrected chi connectivity index (χ2v) is 7.82. The van der Waals surface area contributed by atoms with Gasteiger partial charge in [0.2, 0.25) is 16.5 Å². The number of nitrogens with zero attached hydrogens (tertiary/aromatic N) is 5. The summed E-state index contributed by atoms with van der Waals surface area (Å²) in [7, 11) is 0. The maximum absolute atomic E-state index is 12.6. The lowest BCUT2D eigenvalue weighted by molar-refractivity contribution is -0.125. The molecular formula is C19H20N6O4S. The van der Waals surface area contributed by atoms with Gasteiger partial charge in [0.1, 0.15) is 17.7 Å². The zero-order chi connectivity index (χ0) is 21.3. The first kappa shape index (κ1) is 20.0. The topological polar surface area (TPSA) is 130 Å². The molecule has 1 aliphatic heterocycles. The molecule has 0 aromatic carbocycles. The number of hydrogen-bond donors (Lipinski definition) is 2. The van der Waals surface area contributed by atoms with E-state index in [9.17, 15) is 19.5 Å². The van der Waals surface area contributed by atoms with E-state index >= 15 is 0 Å². The molecule has 0 unspecified atom stereocenters. The number of pyridine rings is 2. The lowest BCUT2D eigenvalue weighted by atomic mass is 9.99. The standard InChI is InChI=1S/C19H20N6O4S/c1-2-3-6-20-17(27)11-7-24(8-11)14-5-4-12-15(26)13(18(28)29)9-25(16(12)23-14)19-21-10-22-30-19/h4-5,9-11H,2-3,6-8H2,1H3,(H,20,27)(H,28,29). The first-order valence-corrected chi connectivity index (χ1v) is 10.4. The highest BCUT2D eigenvalue weighted by atomic mass is 32.1. The molecule has 1 amide bonds. The number of anilines is 1. The summed E-state index contributed by atoms with van der Waals surface area (Å²) >= 11 is 1.07. The number of hydrogen-bond acceptors (Lipinski definition) is 8. The first-order chi connectivity index (χ1) is 14.5. The van der Waals surface area contributed by atoms with Crippen LogP contribution in [0.4, 0.5) is 5.82 Å². The van der Waals surface area contributed by atoms with Gasteiger partial charge in [0, 0.05) is 37.4 Å². The molecule has 30 heavy (non-hydrogen) atoms. The van der Waals surface area contributed by atoms with Crippen molar-refractivity contribution in [1.82, 2.24) is 24.2 Å². The fraction of sp³-hybridized carbons (Fsp3) is 0.368. The Labute approximate surface area is 175 Å². The summed E-state index contributed by atoms with van der Waals surface area (Å²) in [6.07, 6.45) is 4.56. The van der Waals surface area contributed by atoms with Gasteiger partial charge in [-0.15, -0.1) is 0 Å². The third kappa shape index (κ3) is 3.63. The highest BCUT2D eigenvalue weighted by Gasteiger charge is 2.33. The molecule has 0 spiro atoms. The number of rotatable bonds is 7. The van der Waals surface area contributed by atoms with Gasteiger partial charge in [-0.3, -0.25) is 14.2 Å². The lowest BCUT2D eigenvalue weighted by Gasteiger charge is -2.39. The van der Waals surface area contributed by atoms with Gasteiger partial charge in [0.15, 0.2) is 5.65 Å². The molecule has 1 saturated heterocycles. The van der Waals surface area contributed by atoms with E-state index in [1.165, 1.54) is 17.1 Å². The molecule has 10 nitrogen and oxygen atoms in total. The van der Waals surface area contributed by atoms with E-state index < -0.39 is 11.4 Å². The number of carboxylic acids is 1. The van der Waals surface area contributed by atoms with E-state index in [1.807, 2.05) is 4.90 Å². The average Bonchev–Trinajstić information content (AvgIpc) is 3.21. The SMILES string of the molecule is CCCCNC(=O)C1CN(c2ccc3c(=O)c(C(=O)O)cn(-c4ncns4)c3n2)C1. The summed E-state index contributed by atoms with van der Waals surface area (Å²) in [4.78, 5) is 46.9. The second-order valence-electron chi connectivity index (χ2n) is 7.06. The molecule has 0 atom stereocenters. The van der Waals surface area contributed by atoms with Gasteiger partial charge in [-0.05, 0) is 18.6 Å². The van der Waals surface area contributed by atoms with E-state index in [0.29, 0.717) is 36.2 Å². The largest absolute Gasteiger partial charge is 0.477 e. The molecular weight excluding hydrogens is 408 g/mol. The zero-order valence-electron chi connectivity index (χ0n) is 16.2. The number of aromatic nitrogens is 4. The molecule has 3 aromatic heterocycles. The predicted molar refractivity (Wildman–Crippen MR) is 111 cm³/mol. The van der Waals surface area contributed by atoms with Crippen LogP contribution in [0, 0.1) is 5.92 Å². The van der Waals surface area contributed by atoms with Crippen molar-refractivity contribution in [2.24, 2.45) is 5.92 Å². The molecule has 0 radical (unpaired) electrons. The number of carboxylic acid groups (broad SMARTS) is 1. The zero-order valence-corrected chi connectivity index (χ0v) is 17.1. The Balaban J connectivity index is 1.64. The monoisotopic (exact) mass is 428 g/mol. The van der Waals surface area contributed by atoms with Gasteiger partial charge in [-0.1, -0.05) is 13.3 Å². The van der Waals surface area contributed by atoms with Crippen molar-refractivity contribution in [3.8, 4) is 5.13 Å². The Bertz CT molecular complexity index is 1150. The third-order valence-corrected chi connectivity index (χ3v) is 5.69. The number of amides is 1. The van der Waals surface area contributed by atoms with Gasteiger partial charge in [0.05, 0.1) is 11.3 Å². The van der Waals surface area contributed by atoms with Crippen molar-refractivity contribution in [1.29, 1.82) is 0 Å². The summed E-state index contributed by atoms with van der Waals surface area (Å²) in [6.45, 7) is 3.82. The minimum Gasteiger partial charge on any atom is -0.477 e. The Morgan fingerprint density at radius 3 is 2.80 bits per heavy atom. The molecule has 1 aliphatic rings. The van der Waals surface area contributed by atoms with Gasteiger partial charge in [0.25, 0.3) is 0 Å². The van der Waals surface area contributed by atoms with E-state index in [0.717, 1.165) is 24.4 Å². The van der Waals surface area contributed by atoms with Gasteiger partial charge in [-0.25, -0.2) is 14.8 Å². The van der Waals surface area contributed by atoms with Crippen LogP contribution in [0.1, 0.15) is 30.1 Å². The van der Waals surface area contributed by atoms with Gasteiger partial charge < -0.3 is 15.3 Å². The molecule has 2 N–H and O–H groups in total. The van der Waals surface area contributed by atoms with Crippen LogP contribution in [-0.2, 0) is 4.79 Å². The van der Waals surface area contributed by atoms with Crippen LogP contribution in [0.3, 0.4) is 0 Å². The van der Waals surface area contributed by atoms with Crippen molar-refractivity contribution in [2.45, 2.75) is 19.8 Å². The van der Waals surface area contributed by atoms with E-state index in [2.05, 4.69) is 26.6 Å². The smallest absolute Gasteiger partial charge is 0.341 e. The molecule has 4 heterocycles. The Morgan fingerprint density at radius 2 is 2.13 bits per heavy atom. The molecule has 4 rings (SSSR count). The molecule has 11 heteroatoms. The third-order valence-electron chi connectivity index (χ3n) is 5.03. The summed E-state index contributed by atoms with van der Waals surface area (Å²) < 4.78 is 5.42. The summed E-state index contributed by atoms with van der Waals surface area (Å²) in [5, 5.41) is 12.9. The van der Waals surface area contributed by atoms with E-state index in [1.54, 1.807) is 12.1 Å². The van der Waals surface area contributed by atoms with Crippen LogP contribution in [0.25, 0.3) is 16.2 Å². The lowest BCUT2D eigenvalue weighted by Crippen LogP contribution is -2.54. The van der Waals surface area contributed by atoms with Crippen molar-refractivity contribution >= 4 is 40.3 Å². The molecule has 0 aliphatic carbocycles. The van der Waals surface area contributed by atoms with Crippen LogP contribution in [0.15, 0.2) is 29.5 Å². The number of carbonyl (C=O) groups excluding carboxylic acids is 1. The number of unbranched alkanes of at least 4 members (excludes halogenated alkanes) is 1. The van der Waals surface area contributed by atoms with Crippen molar-refractivity contribution in [3.05, 3.63) is 40.4 Å². The Morgan fingerprint density at radius 1 is 1.33 bits per heavy atom. The van der Waals surface area contributed by atoms with Crippen LogP contribution < -0.4 is 15.6 Å². The quantitative estimate of drug-likeness (QED) is 0.538. The highest BCUT2D eigenvalue weighted by molar-refractivity contribution is 7.08. The molecule has 0 saturated carbocycles. The fourth-order valence-corrected chi connectivity index (χ4v) is 3.82. The van der Waals surface area contributed by atoms with E-state index in [4.69, 9.17) is 0 Å². The van der Waals surface area contributed by atoms with Crippen molar-refractivity contribution in [2.75, 3.05) is 24.5 Å². The summed E-state index contributed by atoms with van der Waals surface area (Å²) in [5.41, 5.74) is -0.663. The summed E-state index contributed by atoms with van der Waals surface area (Å²) in [5.74, 6) is -0.763. The Hall–Kier alpha value is -3.34. The molecule has 0 bridgehead atoms. The number of aromatic carboxylic acids is 1. The highest BCUT2D eigenvalue weighted by Crippen LogP contribution is 2.26. The first-order valence-electron chi connectivity index (χ1n) is 9.59. The molecule has 3 aromatic rings. The fourth-order valence-electron chi connectivity index (χ4n) is 3.31. The van der Waals surface area contributed by atoms with Crippen LogP contribution >= 0.6 is 11.5 Å². The van der Waals surface area contributed by atoms with Crippen molar-refractivity contribution in [3.63, 3.8) is 0 Å². The number of carbonyl (C=O) groups is 2. The maximum Gasteiger partial charge on any atom is 0.341 e. The van der Waals surface area contributed by atoms with Crippen LogP contribution in [-0.4, -0.2) is 55.5 Å². The number of fused-ring (bicyclic) bond motifs is 1. The number of nitrogens with one attached hydrogen (secondary N) is 1. The molecule has 1 fully saturated rings. The Kier molecular flexibility index (Phi) is 5.44. The van der Waals surface area contributed by atoms with Crippen molar-refractivity contribution < 1.29 is 14.7 Å². The maximum atomic E-state index is 12.6. The second kappa shape index (κ2) is 8.19. The summed E-state index contributed by atoms with van der Waals surface area (Å²) in [6, 6.07) is 3.24. The predicted octanol–water partition coefficient (Wildman–Crippen LogP) is 1.29.